The lowest BCUT2D eigenvalue weighted by Crippen LogP contribution is -2.34. The zero-order valence-corrected chi connectivity index (χ0v) is 17.8. The molecule has 7 heteroatoms. The zero-order valence-electron chi connectivity index (χ0n) is 17.0. The summed E-state index contributed by atoms with van der Waals surface area (Å²) in [5, 5.41) is 13.1. The Morgan fingerprint density at radius 3 is 2.29 bits per heavy atom. The Labute approximate surface area is 185 Å². The Hall–Kier alpha value is -3.06. The fourth-order valence-electron chi connectivity index (χ4n) is 4.15. The highest BCUT2D eigenvalue weighted by Gasteiger charge is 2.39. The van der Waals surface area contributed by atoms with Gasteiger partial charge < -0.3 is 15.3 Å². The van der Waals surface area contributed by atoms with Crippen LogP contribution in [0, 0.1) is 5.92 Å². The van der Waals surface area contributed by atoms with Crippen molar-refractivity contribution in [1.82, 2.24) is 4.90 Å². The number of aromatic carboxylic acids is 1. The summed E-state index contributed by atoms with van der Waals surface area (Å²) in [4.78, 5) is 31.8. The van der Waals surface area contributed by atoms with E-state index in [9.17, 15) is 9.59 Å². The van der Waals surface area contributed by atoms with E-state index in [-0.39, 0.29) is 11.5 Å². The topological polar surface area (TPSA) is 82.0 Å². The van der Waals surface area contributed by atoms with Crippen LogP contribution < -0.4 is 5.32 Å². The standard InChI is InChI=1S/C24H23N3O3S/c28-22(21-20(17-3-1-4-17)27-14-2-13-25-24(27)31-21)26-19-11-9-16(10-12-19)15-5-7-18(8-6-15)23(29)30/h5-12,17H,1-4,13-14H2,(H,26,28)(H,29,30). The van der Waals surface area contributed by atoms with E-state index in [1.54, 1.807) is 24.3 Å². The Morgan fingerprint density at radius 2 is 1.68 bits per heavy atom. The molecule has 2 aromatic carbocycles. The van der Waals surface area contributed by atoms with E-state index in [1.807, 2.05) is 24.3 Å². The molecule has 2 aliphatic heterocycles. The lowest BCUT2D eigenvalue weighted by molar-refractivity contribution is -0.112. The third-order valence-electron chi connectivity index (χ3n) is 6.04. The number of anilines is 1. The minimum absolute atomic E-state index is 0.0671. The number of carboxylic acids is 1. The van der Waals surface area contributed by atoms with Gasteiger partial charge in [-0.1, -0.05) is 30.7 Å². The molecule has 0 aromatic heterocycles. The van der Waals surface area contributed by atoms with Gasteiger partial charge in [0.1, 0.15) is 4.91 Å². The number of thioether (sulfide) groups is 1. The van der Waals surface area contributed by atoms with Crippen molar-refractivity contribution in [2.24, 2.45) is 10.9 Å². The molecule has 6 nitrogen and oxygen atoms in total. The van der Waals surface area contributed by atoms with Gasteiger partial charge in [0.2, 0.25) is 0 Å². The van der Waals surface area contributed by atoms with Crippen LogP contribution in [0.2, 0.25) is 0 Å². The van der Waals surface area contributed by atoms with Crippen LogP contribution >= 0.6 is 11.8 Å². The van der Waals surface area contributed by atoms with Gasteiger partial charge in [0, 0.05) is 30.4 Å². The summed E-state index contributed by atoms with van der Waals surface area (Å²) in [7, 11) is 0. The number of carbonyl (C=O) groups excluding carboxylic acids is 1. The normalized spacial score (nSPS) is 18.3. The maximum absolute atomic E-state index is 13.1. The number of amidine groups is 1. The molecule has 2 heterocycles. The van der Waals surface area contributed by atoms with Crippen LogP contribution in [0.1, 0.15) is 36.0 Å². The first-order chi connectivity index (χ1) is 15.1. The van der Waals surface area contributed by atoms with Gasteiger partial charge in [-0.05, 0) is 66.4 Å². The van der Waals surface area contributed by atoms with Gasteiger partial charge in [0.05, 0.1) is 5.56 Å². The fourth-order valence-corrected chi connectivity index (χ4v) is 5.31. The number of hydrogen-bond donors (Lipinski definition) is 2. The number of aliphatic imine (C=N–C) groups is 1. The van der Waals surface area contributed by atoms with Crippen LogP contribution in [0.25, 0.3) is 11.1 Å². The molecule has 1 saturated carbocycles. The smallest absolute Gasteiger partial charge is 0.335 e. The summed E-state index contributed by atoms with van der Waals surface area (Å²) in [6.45, 7) is 1.78. The molecule has 31 heavy (non-hydrogen) atoms. The predicted molar refractivity (Wildman–Crippen MR) is 123 cm³/mol. The highest BCUT2D eigenvalue weighted by molar-refractivity contribution is 8.18. The Balaban J connectivity index is 1.33. The molecule has 158 valence electrons. The molecule has 0 spiro atoms. The Morgan fingerprint density at radius 1 is 1.00 bits per heavy atom. The molecule has 0 saturated heterocycles. The molecule has 0 bridgehead atoms. The van der Waals surface area contributed by atoms with E-state index >= 15 is 0 Å². The lowest BCUT2D eigenvalue weighted by Gasteiger charge is -2.34. The van der Waals surface area contributed by atoms with E-state index in [0.717, 1.165) is 59.2 Å². The fraction of sp³-hybridized carbons (Fsp3) is 0.292. The summed E-state index contributed by atoms with van der Waals surface area (Å²) in [5.74, 6) is -0.537. The number of hydrogen-bond acceptors (Lipinski definition) is 5. The third-order valence-corrected chi connectivity index (χ3v) is 7.17. The number of rotatable bonds is 5. The number of nitrogens with zero attached hydrogens (tertiary/aromatic N) is 2. The van der Waals surface area contributed by atoms with Crippen molar-refractivity contribution >= 4 is 34.5 Å². The highest BCUT2D eigenvalue weighted by atomic mass is 32.2. The monoisotopic (exact) mass is 433 g/mol. The largest absolute Gasteiger partial charge is 0.478 e. The molecule has 5 rings (SSSR count). The number of carboxylic acid groups (broad SMARTS) is 1. The van der Waals surface area contributed by atoms with Crippen LogP contribution in [0.4, 0.5) is 5.69 Å². The van der Waals surface area contributed by atoms with E-state index < -0.39 is 5.97 Å². The van der Waals surface area contributed by atoms with Gasteiger partial charge in [-0.2, -0.15) is 0 Å². The molecule has 1 aliphatic carbocycles. The van der Waals surface area contributed by atoms with Crippen LogP contribution in [-0.2, 0) is 4.79 Å². The molecular formula is C24H23N3O3S. The number of benzene rings is 2. The van der Waals surface area contributed by atoms with Crippen LogP contribution in [0.5, 0.6) is 0 Å². The molecule has 0 atom stereocenters. The number of carbonyl (C=O) groups is 2. The Kier molecular flexibility index (Phi) is 5.28. The zero-order chi connectivity index (χ0) is 21.4. The molecule has 2 N–H and O–H groups in total. The minimum Gasteiger partial charge on any atom is -0.478 e. The number of allylic oxidation sites excluding steroid dienone is 1. The first kappa shape index (κ1) is 19.9. The second kappa shape index (κ2) is 8.23. The van der Waals surface area contributed by atoms with Crippen molar-refractivity contribution in [1.29, 1.82) is 0 Å². The highest BCUT2D eigenvalue weighted by Crippen LogP contribution is 2.46. The molecule has 3 aliphatic rings. The number of fused-ring (bicyclic) bond motifs is 1. The van der Waals surface area contributed by atoms with Crippen LogP contribution in [0.15, 0.2) is 64.1 Å². The number of nitrogens with one attached hydrogen (secondary N) is 1. The summed E-state index contributed by atoms with van der Waals surface area (Å²) < 4.78 is 0. The molecular weight excluding hydrogens is 410 g/mol. The molecule has 0 radical (unpaired) electrons. The first-order valence-corrected chi connectivity index (χ1v) is 11.4. The van der Waals surface area contributed by atoms with Crippen LogP contribution in [-0.4, -0.2) is 40.1 Å². The quantitative estimate of drug-likeness (QED) is 0.707. The van der Waals surface area contributed by atoms with Crippen molar-refractivity contribution in [3.05, 3.63) is 64.7 Å². The maximum Gasteiger partial charge on any atom is 0.335 e. The van der Waals surface area contributed by atoms with Crippen molar-refractivity contribution in [2.75, 3.05) is 18.4 Å². The molecule has 1 fully saturated rings. The average Bonchev–Trinajstić information content (AvgIpc) is 3.13. The SMILES string of the molecule is O=C(Nc1ccc(-c2ccc(C(=O)O)cc2)cc1)C1=C(C2CCC2)N2CCCN=C2S1. The number of amides is 1. The van der Waals surface area contributed by atoms with E-state index in [2.05, 4.69) is 15.2 Å². The predicted octanol–water partition coefficient (Wildman–Crippen LogP) is 4.81. The van der Waals surface area contributed by atoms with Gasteiger partial charge >= 0.3 is 5.97 Å². The minimum atomic E-state index is -0.938. The summed E-state index contributed by atoms with van der Waals surface area (Å²) in [5.41, 5.74) is 4.06. The van der Waals surface area contributed by atoms with E-state index in [1.165, 1.54) is 23.9 Å². The summed E-state index contributed by atoms with van der Waals surface area (Å²) >= 11 is 1.51. The average molecular weight is 434 g/mol. The Bertz CT molecular complexity index is 1090. The lowest BCUT2D eigenvalue weighted by atomic mass is 9.82. The van der Waals surface area contributed by atoms with E-state index in [4.69, 9.17) is 5.11 Å². The van der Waals surface area contributed by atoms with Crippen molar-refractivity contribution in [2.45, 2.75) is 25.7 Å². The molecule has 2 aromatic rings. The van der Waals surface area contributed by atoms with E-state index in [0.29, 0.717) is 5.92 Å². The summed E-state index contributed by atoms with van der Waals surface area (Å²) in [6, 6.07) is 14.4. The van der Waals surface area contributed by atoms with Crippen molar-refractivity contribution in [3.63, 3.8) is 0 Å². The van der Waals surface area contributed by atoms with Gasteiger partial charge in [-0.25, -0.2) is 4.79 Å². The van der Waals surface area contributed by atoms with Gasteiger partial charge in [-0.3, -0.25) is 9.79 Å². The first-order valence-electron chi connectivity index (χ1n) is 10.6. The van der Waals surface area contributed by atoms with Gasteiger partial charge in [0.15, 0.2) is 5.17 Å². The van der Waals surface area contributed by atoms with Crippen LogP contribution in [0.3, 0.4) is 0 Å². The summed E-state index contributed by atoms with van der Waals surface area (Å²) in [6.07, 6.45) is 4.55. The van der Waals surface area contributed by atoms with Gasteiger partial charge in [-0.15, -0.1) is 0 Å². The second-order valence-electron chi connectivity index (χ2n) is 8.03. The second-order valence-corrected chi connectivity index (χ2v) is 9.01. The molecule has 0 unspecified atom stereocenters. The van der Waals surface area contributed by atoms with Crippen molar-refractivity contribution in [3.8, 4) is 11.1 Å². The molecule has 1 amide bonds. The maximum atomic E-state index is 13.1. The van der Waals surface area contributed by atoms with Gasteiger partial charge in [0.25, 0.3) is 5.91 Å². The van der Waals surface area contributed by atoms with Crippen molar-refractivity contribution < 1.29 is 14.7 Å². The third kappa shape index (κ3) is 3.85.